The van der Waals surface area contributed by atoms with Gasteiger partial charge in [0.25, 0.3) is 0 Å². The molecule has 0 radical (unpaired) electrons. The lowest BCUT2D eigenvalue weighted by Gasteiger charge is -2.27. The van der Waals surface area contributed by atoms with Crippen molar-refractivity contribution >= 4 is 17.3 Å². The van der Waals surface area contributed by atoms with Crippen LogP contribution in [-0.2, 0) is 6.54 Å². The molecule has 0 saturated carbocycles. The monoisotopic (exact) mass is 297 g/mol. The van der Waals surface area contributed by atoms with Crippen molar-refractivity contribution in [1.29, 1.82) is 0 Å². The van der Waals surface area contributed by atoms with E-state index in [1.807, 2.05) is 12.1 Å². The number of anilines is 1. The number of rotatable bonds is 9. The molecule has 20 heavy (non-hydrogen) atoms. The molecular weight excluding hydrogens is 270 g/mol. The number of hydrogen-bond donors (Lipinski definition) is 1. The molecule has 0 aliphatic heterocycles. The first-order chi connectivity index (χ1) is 9.65. The molecule has 0 spiro atoms. The maximum Gasteiger partial charge on any atom is 0.0412 e. The molecule has 1 aromatic rings. The molecule has 2 N–H and O–H groups in total. The lowest BCUT2D eigenvalue weighted by atomic mass is 10.1. The zero-order valence-corrected chi connectivity index (χ0v) is 13.8. The third-order valence-corrected chi connectivity index (χ3v) is 4.02. The van der Waals surface area contributed by atoms with Crippen LogP contribution in [0.3, 0.4) is 0 Å². The summed E-state index contributed by atoms with van der Waals surface area (Å²) in [5.74, 6) is 0. The summed E-state index contributed by atoms with van der Waals surface area (Å²) < 4.78 is 0. The maximum atomic E-state index is 6.05. The third kappa shape index (κ3) is 4.97. The van der Waals surface area contributed by atoms with Crippen LogP contribution in [0.15, 0.2) is 18.2 Å². The van der Waals surface area contributed by atoms with Gasteiger partial charge < -0.3 is 15.5 Å². The Morgan fingerprint density at radius 3 is 2.30 bits per heavy atom. The molecule has 0 amide bonds. The summed E-state index contributed by atoms with van der Waals surface area (Å²) in [4.78, 5) is 4.85. The molecule has 114 valence electrons. The highest BCUT2D eigenvalue weighted by Gasteiger charge is 2.10. The van der Waals surface area contributed by atoms with Crippen LogP contribution in [-0.4, -0.2) is 37.6 Å². The molecule has 0 bridgehead atoms. The lowest BCUT2D eigenvalue weighted by molar-refractivity contribution is 0.300. The van der Waals surface area contributed by atoms with Gasteiger partial charge in [-0.15, -0.1) is 0 Å². The average molecular weight is 298 g/mol. The lowest BCUT2D eigenvalue weighted by Crippen LogP contribution is -2.30. The SMILES string of the molecule is CCN(CC)CCCN(CC)c1ccc(Cl)cc1CN. The predicted molar refractivity (Wildman–Crippen MR) is 89.6 cm³/mol. The summed E-state index contributed by atoms with van der Waals surface area (Å²) in [6.45, 7) is 12.6. The van der Waals surface area contributed by atoms with Crippen LogP contribution in [0, 0.1) is 0 Å². The van der Waals surface area contributed by atoms with Gasteiger partial charge in [-0.1, -0.05) is 25.4 Å². The summed E-state index contributed by atoms with van der Waals surface area (Å²) >= 11 is 6.05. The van der Waals surface area contributed by atoms with Crippen molar-refractivity contribution < 1.29 is 0 Å². The third-order valence-electron chi connectivity index (χ3n) is 3.78. The van der Waals surface area contributed by atoms with Crippen LogP contribution in [0.1, 0.15) is 32.8 Å². The zero-order valence-electron chi connectivity index (χ0n) is 13.0. The van der Waals surface area contributed by atoms with E-state index < -0.39 is 0 Å². The summed E-state index contributed by atoms with van der Waals surface area (Å²) in [5.41, 5.74) is 8.19. The van der Waals surface area contributed by atoms with Crippen LogP contribution in [0.2, 0.25) is 5.02 Å². The van der Waals surface area contributed by atoms with E-state index in [1.54, 1.807) is 0 Å². The average Bonchev–Trinajstić information content (AvgIpc) is 2.48. The van der Waals surface area contributed by atoms with E-state index in [2.05, 4.69) is 36.6 Å². The zero-order chi connectivity index (χ0) is 15.0. The number of nitrogens with two attached hydrogens (primary N) is 1. The van der Waals surface area contributed by atoms with Crippen molar-refractivity contribution in [2.45, 2.75) is 33.7 Å². The normalized spacial score (nSPS) is 11.1. The summed E-state index contributed by atoms with van der Waals surface area (Å²) in [7, 11) is 0. The first kappa shape index (κ1) is 17.3. The Morgan fingerprint density at radius 1 is 1.05 bits per heavy atom. The second kappa shape index (κ2) is 9.22. The number of hydrogen-bond acceptors (Lipinski definition) is 3. The van der Waals surface area contributed by atoms with Gasteiger partial charge in [0, 0.05) is 30.3 Å². The van der Waals surface area contributed by atoms with E-state index in [-0.39, 0.29) is 0 Å². The number of halogens is 1. The molecule has 3 nitrogen and oxygen atoms in total. The molecule has 1 aromatic carbocycles. The van der Waals surface area contributed by atoms with Crippen molar-refractivity contribution in [2.75, 3.05) is 37.6 Å². The largest absolute Gasteiger partial charge is 0.372 e. The molecule has 0 aliphatic rings. The van der Waals surface area contributed by atoms with Gasteiger partial charge in [-0.25, -0.2) is 0 Å². The minimum atomic E-state index is 0.530. The molecule has 4 heteroatoms. The van der Waals surface area contributed by atoms with Crippen molar-refractivity contribution in [3.05, 3.63) is 28.8 Å². The smallest absolute Gasteiger partial charge is 0.0412 e. The van der Waals surface area contributed by atoms with E-state index >= 15 is 0 Å². The fraction of sp³-hybridized carbons (Fsp3) is 0.625. The molecule has 0 atom stereocenters. The molecule has 0 aromatic heterocycles. The molecule has 0 saturated heterocycles. The highest BCUT2D eigenvalue weighted by atomic mass is 35.5. The Morgan fingerprint density at radius 2 is 1.75 bits per heavy atom. The molecule has 0 fully saturated rings. The Hall–Kier alpha value is -0.770. The van der Waals surface area contributed by atoms with Gasteiger partial charge in [0.15, 0.2) is 0 Å². The van der Waals surface area contributed by atoms with Gasteiger partial charge in [0.05, 0.1) is 0 Å². The highest BCUT2D eigenvalue weighted by molar-refractivity contribution is 6.30. The Balaban J connectivity index is 2.66. The van der Waals surface area contributed by atoms with Crippen molar-refractivity contribution in [1.82, 2.24) is 4.90 Å². The summed E-state index contributed by atoms with van der Waals surface area (Å²) in [5, 5.41) is 0.758. The second-order valence-corrected chi connectivity index (χ2v) is 5.37. The van der Waals surface area contributed by atoms with Gasteiger partial charge in [-0.2, -0.15) is 0 Å². The number of nitrogens with zero attached hydrogens (tertiary/aromatic N) is 2. The van der Waals surface area contributed by atoms with E-state index in [4.69, 9.17) is 17.3 Å². The Kier molecular flexibility index (Phi) is 7.97. The topological polar surface area (TPSA) is 32.5 Å². The van der Waals surface area contributed by atoms with Crippen LogP contribution < -0.4 is 10.6 Å². The van der Waals surface area contributed by atoms with Crippen LogP contribution in [0.4, 0.5) is 5.69 Å². The molecule has 0 aliphatic carbocycles. The Labute approximate surface area is 128 Å². The van der Waals surface area contributed by atoms with E-state index in [1.165, 1.54) is 12.1 Å². The molecular formula is C16H28ClN3. The quantitative estimate of drug-likeness (QED) is 0.758. The van der Waals surface area contributed by atoms with Gasteiger partial charge >= 0.3 is 0 Å². The van der Waals surface area contributed by atoms with Crippen molar-refractivity contribution in [3.8, 4) is 0 Å². The predicted octanol–water partition coefficient (Wildman–Crippen LogP) is 3.36. The summed E-state index contributed by atoms with van der Waals surface area (Å²) in [6.07, 6.45) is 1.17. The minimum Gasteiger partial charge on any atom is -0.372 e. The Bertz CT molecular complexity index is 391. The first-order valence-electron chi connectivity index (χ1n) is 7.61. The van der Waals surface area contributed by atoms with Crippen LogP contribution in [0.25, 0.3) is 0 Å². The fourth-order valence-electron chi connectivity index (χ4n) is 2.50. The molecule has 0 unspecified atom stereocenters. The van der Waals surface area contributed by atoms with E-state index in [9.17, 15) is 0 Å². The van der Waals surface area contributed by atoms with Gasteiger partial charge in [0.1, 0.15) is 0 Å². The summed E-state index contributed by atoms with van der Waals surface area (Å²) in [6, 6.07) is 6.01. The van der Waals surface area contributed by atoms with E-state index in [0.717, 1.165) is 43.3 Å². The standard InChI is InChI=1S/C16H28ClN3/c1-4-19(5-2)10-7-11-20(6-3)16-9-8-15(17)12-14(16)13-18/h8-9,12H,4-7,10-11,13,18H2,1-3H3. The fourth-order valence-corrected chi connectivity index (χ4v) is 2.69. The number of benzene rings is 1. The van der Waals surface area contributed by atoms with Crippen LogP contribution in [0.5, 0.6) is 0 Å². The second-order valence-electron chi connectivity index (χ2n) is 4.94. The van der Waals surface area contributed by atoms with Crippen molar-refractivity contribution in [2.24, 2.45) is 5.73 Å². The van der Waals surface area contributed by atoms with Gasteiger partial charge in [-0.05, 0) is 56.7 Å². The highest BCUT2D eigenvalue weighted by Crippen LogP contribution is 2.24. The minimum absolute atomic E-state index is 0.530. The van der Waals surface area contributed by atoms with E-state index in [0.29, 0.717) is 6.54 Å². The van der Waals surface area contributed by atoms with Crippen LogP contribution >= 0.6 is 11.6 Å². The maximum absolute atomic E-state index is 6.05. The first-order valence-corrected chi connectivity index (χ1v) is 7.99. The molecule has 1 rings (SSSR count). The van der Waals surface area contributed by atoms with Gasteiger partial charge in [0.2, 0.25) is 0 Å². The molecule has 0 heterocycles. The van der Waals surface area contributed by atoms with Crippen molar-refractivity contribution in [3.63, 3.8) is 0 Å². The van der Waals surface area contributed by atoms with Gasteiger partial charge in [-0.3, -0.25) is 0 Å².